The van der Waals surface area contributed by atoms with Crippen LogP contribution >= 0.6 is 0 Å². The molecule has 0 spiro atoms. The van der Waals surface area contributed by atoms with E-state index in [-0.39, 0.29) is 5.84 Å². The van der Waals surface area contributed by atoms with E-state index in [0.717, 1.165) is 42.1 Å². The fourth-order valence-corrected chi connectivity index (χ4v) is 3.10. The van der Waals surface area contributed by atoms with Crippen LogP contribution in [0.3, 0.4) is 0 Å². The number of hydrogen-bond donors (Lipinski definition) is 2. The third-order valence-corrected chi connectivity index (χ3v) is 4.20. The molecule has 1 aliphatic heterocycles. The quantitative estimate of drug-likeness (QED) is 0.380. The Bertz CT molecular complexity index is 543. The first-order valence-corrected chi connectivity index (χ1v) is 7.31. The van der Waals surface area contributed by atoms with Crippen LogP contribution < -0.4 is 10.6 Å². The van der Waals surface area contributed by atoms with E-state index in [1.54, 1.807) is 0 Å². The van der Waals surface area contributed by atoms with Gasteiger partial charge < -0.3 is 20.7 Å². The minimum absolute atomic E-state index is 0.117. The summed E-state index contributed by atoms with van der Waals surface area (Å²) in [5.74, 6) is 0.117. The van der Waals surface area contributed by atoms with Crippen LogP contribution in [0.1, 0.15) is 29.8 Å². The van der Waals surface area contributed by atoms with Crippen LogP contribution in [-0.2, 0) is 0 Å². The van der Waals surface area contributed by atoms with Crippen molar-refractivity contribution < 1.29 is 5.21 Å². The van der Waals surface area contributed by atoms with Crippen LogP contribution in [-0.4, -0.2) is 54.2 Å². The van der Waals surface area contributed by atoms with Gasteiger partial charge in [0.25, 0.3) is 0 Å². The predicted molar refractivity (Wildman–Crippen MR) is 85.1 cm³/mol. The van der Waals surface area contributed by atoms with Crippen LogP contribution in [0.25, 0.3) is 0 Å². The summed E-state index contributed by atoms with van der Waals surface area (Å²) in [5.41, 5.74) is 9.29. The Morgan fingerprint density at radius 2 is 2.24 bits per heavy atom. The normalized spacial score (nSPS) is 20.6. The zero-order valence-electron chi connectivity index (χ0n) is 13.3. The molecule has 1 aromatic rings. The van der Waals surface area contributed by atoms with Gasteiger partial charge in [-0.15, -0.1) is 0 Å². The number of rotatable bonds is 3. The first kappa shape index (κ1) is 15.6. The van der Waals surface area contributed by atoms with Crippen molar-refractivity contribution in [2.75, 3.05) is 32.1 Å². The van der Waals surface area contributed by atoms with Gasteiger partial charge in [0.15, 0.2) is 5.84 Å². The van der Waals surface area contributed by atoms with Crippen molar-refractivity contribution in [1.82, 2.24) is 9.88 Å². The van der Waals surface area contributed by atoms with Gasteiger partial charge >= 0.3 is 0 Å². The molecule has 3 N–H and O–H groups in total. The Balaban J connectivity index is 2.41. The molecule has 6 nitrogen and oxygen atoms in total. The standard InChI is InChI=1S/C15H25N5O/c1-10-8-13(14(11(2)17-10)15(16)18-21)20(4)12-6-5-7-19(3)9-12/h8,12,21H,5-7,9H2,1-4H3,(H2,16,18). The van der Waals surface area contributed by atoms with Crippen LogP contribution in [0, 0.1) is 13.8 Å². The number of nitrogens with two attached hydrogens (primary N) is 1. The van der Waals surface area contributed by atoms with Crippen molar-refractivity contribution in [2.24, 2.45) is 10.9 Å². The van der Waals surface area contributed by atoms with Gasteiger partial charge in [0.05, 0.1) is 16.9 Å². The maximum Gasteiger partial charge on any atom is 0.174 e. The zero-order chi connectivity index (χ0) is 15.6. The highest BCUT2D eigenvalue weighted by atomic mass is 16.4. The van der Waals surface area contributed by atoms with Gasteiger partial charge in [-0.2, -0.15) is 0 Å². The minimum Gasteiger partial charge on any atom is -0.409 e. The van der Waals surface area contributed by atoms with Gasteiger partial charge in [0.2, 0.25) is 0 Å². The van der Waals surface area contributed by atoms with Crippen LogP contribution in [0.4, 0.5) is 5.69 Å². The number of likely N-dealkylation sites (N-methyl/N-ethyl adjacent to an activating group) is 2. The molecular formula is C15H25N5O. The molecule has 0 amide bonds. The van der Waals surface area contributed by atoms with Crippen molar-refractivity contribution >= 4 is 11.5 Å². The summed E-state index contributed by atoms with van der Waals surface area (Å²) in [5, 5.41) is 12.2. The Morgan fingerprint density at radius 3 is 2.86 bits per heavy atom. The molecule has 0 radical (unpaired) electrons. The largest absolute Gasteiger partial charge is 0.409 e. The van der Waals surface area contributed by atoms with E-state index in [9.17, 15) is 0 Å². The molecule has 2 heterocycles. The molecule has 0 aromatic carbocycles. The van der Waals surface area contributed by atoms with Crippen molar-refractivity contribution in [3.05, 3.63) is 23.0 Å². The molecule has 1 aromatic heterocycles. The summed E-state index contributed by atoms with van der Waals surface area (Å²) >= 11 is 0. The van der Waals surface area contributed by atoms with E-state index in [2.05, 4.69) is 34.0 Å². The lowest BCUT2D eigenvalue weighted by atomic mass is 10.0. The summed E-state index contributed by atoms with van der Waals surface area (Å²) in [6.45, 7) is 6.02. The number of oxime groups is 1. The Labute approximate surface area is 126 Å². The van der Waals surface area contributed by atoms with E-state index >= 15 is 0 Å². The number of amidine groups is 1. The third-order valence-electron chi connectivity index (χ3n) is 4.20. The molecular weight excluding hydrogens is 266 g/mol. The second kappa shape index (κ2) is 6.30. The number of likely N-dealkylation sites (tertiary alicyclic amines) is 1. The van der Waals surface area contributed by atoms with Gasteiger partial charge in [-0.25, -0.2) is 0 Å². The average molecular weight is 291 g/mol. The summed E-state index contributed by atoms with van der Waals surface area (Å²) in [6, 6.07) is 2.44. The van der Waals surface area contributed by atoms with E-state index in [1.165, 1.54) is 6.42 Å². The molecule has 1 saturated heterocycles. The first-order chi connectivity index (χ1) is 9.93. The van der Waals surface area contributed by atoms with E-state index in [4.69, 9.17) is 10.9 Å². The lowest BCUT2D eigenvalue weighted by molar-refractivity contribution is 0.248. The molecule has 6 heteroatoms. The molecule has 116 valence electrons. The Morgan fingerprint density at radius 1 is 1.52 bits per heavy atom. The second-order valence-electron chi connectivity index (χ2n) is 5.90. The molecule has 0 bridgehead atoms. The Kier molecular flexibility index (Phi) is 4.67. The van der Waals surface area contributed by atoms with Crippen LogP contribution in [0.15, 0.2) is 11.2 Å². The van der Waals surface area contributed by atoms with Gasteiger partial charge in [0, 0.05) is 25.3 Å². The maximum absolute atomic E-state index is 9.05. The monoisotopic (exact) mass is 291 g/mol. The SMILES string of the molecule is Cc1cc(N(C)C2CCCN(C)C2)c(/C(N)=N/O)c(C)n1. The number of anilines is 1. The highest BCUT2D eigenvalue weighted by Crippen LogP contribution is 2.27. The van der Waals surface area contributed by atoms with E-state index in [0.29, 0.717) is 6.04 Å². The second-order valence-corrected chi connectivity index (χ2v) is 5.90. The molecule has 2 rings (SSSR count). The summed E-state index contributed by atoms with van der Waals surface area (Å²) in [7, 11) is 4.22. The first-order valence-electron chi connectivity index (χ1n) is 7.31. The number of aryl methyl sites for hydroxylation is 2. The molecule has 0 saturated carbocycles. The summed E-state index contributed by atoms with van der Waals surface area (Å²) in [4.78, 5) is 9.02. The zero-order valence-corrected chi connectivity index (χ0v) is 13.3. The number of hydrogen-bond acceptors (Lipinski definition) is 5. The minimum atomic E-state index is 0.117. The van der Waals surface area contributed by atoms with Crippen molar-refractivity contribution in [1.29, 1.82) is 0 Å². The fraction of sp³-hybridized carbons (Fsp3) is 0.600. The van der Waals surface area contributed by atoms with Crippen molar-refractivity contribution in [3.63, 3.8) is 0 Å². The summed E-state index contributed by atoms with van der Waals surface area (Å²) in [6.07, 6.45) is 2.34. The van der Waals surface area contributed by atoms with Gasteiger partial charge in [0.1, 0.15) is 0 Å². The Hall–Kier alpha value is -1.82. The highest BCUT2D eigenvalue weighted by Gasteiger charge is 2.25. The summed E-state index contributed by atoms with van der Waals surface area (Å²) < 4.78 is 0. The lowest BCUT2D eigenvalue weighted by Crippen LogP contribution is -2.45. The smallest absolute Gasteiger partial charge is 0.174 e. The topological polar surface area (TPSA) is 78.0 Å². The van der Waals surface area contributed by atoms with Gasteiger partial charge in [-0.3, -0.25) is 4.98 Å². The van der Waals surface area contributed by atoms with Gasteiger partial charge in [-0.05, 0) is 46.3 Å². The third kappa shape index (κ3) is 3.26. The van der Waals surface area contributed by atoms with Crippen molar-refractivity contribution in [2.45, 2.75) is 32.7 Å². The number of aromatic nitrogens is 1. The van der Waals surface area contributed by atoms with Crippen LogP contribution in [0.2, 0.25) is 0 Å². The van der Waals surface area contributed by atoms with Gasteiger partial charge in [-0.1, -0.05) is 5.16 Å². The average Bonchev–Trinajstić information content (AvgIpc) is 2.45. The van der Waals surface area contributed by atoms with E-state index < -0.39 is 0 Å². The molecule has 21 heavy (non-hydrogen) atoms. The number of piperidine rings is 1. The molecule has 1 atom stereocenters. The number of pyridine rings is 1. The molecule has 1 fully saturated rings. The molecule has 1 unspecified atom stereocenters. The predicted octanol–water partition coefficient (Wildman–Crippen LogP) is 1.32. The highest BCUT2D eigenvalue weighted by molar-refractivity contribution is 6.03. The molecule has 1 aliphatic rings. The maximum atomic E-state index is 9.05. The fourth-order valence-electron chi connectivity index (χ4n) is 3.10. The lowest BCUT2D eigenvalue weighted by Gasteiger charge is -2.38. The molecule has 0 aliphatic carbocycles. The van der Waals surface area contributed by atoms with Crippen molar-refractivity contribution in [3.8, 4) is 0 Å². The van der Waals surface area contributed by atoms with E-state index in [1.807, 2.05) is 19.9 Å². The van der Waals surface area contributed by atoms with Crippen LogP contribution in [0.5, 0.6) is 0 Å². The number of nitrogens with zero attached hydrogens (tertiary/aromatic N) is 4.